The predicted octanol–water partition coefficient (Wildman–Crippen LogP) is 0.124. The Morgan fingerprint density at radius 2 is 2.09 bits per heavy atom. The van der Waals surface area contributed by atoms with Crippen molar-refractivity contribution in [1.82, 2.24) is 4.90 Å². The first-order valence-corrected chi connectivity index (χ1v) is 4.02. The summed E-state index contributed by atoms with van der Waals surface area (Å²) in [6.07, 6.45) is -1.16. The molecule has 0 spiro atoms. The van der Waals surface area contributed by atoms with Crippen LogP contribution in [-0.2, 0) is 4.79 Å². The van der Waals surface area contributed by atoms with Crippen molar-refractivity contribution in [2.75, 3.05) is 12.3 Å². The number of thioether (sulfide) groups is 1. The number of carboxylic acids is 1. The van der Waals surface area contributed by atoms with Gasteiger partial charge in [-0.1, -0.05) is 0 Å². The molecule has 0 unspecified atom stereocenters. The normalized spacial score (nSPS) is 23.6. The minimum absolute atomic E-state index is 0.303. The third kappa shape index (κ3) is 1.56. The Labute approximate surface area is 67.0 Å². The average Bonchev–Trinajstić information content (AvgIpc) is 2.32. The van der Waals surface area contributed by atoms with Crippen molar-refractivity contribution in [2.45, 2.75) is 5.37 Å². The lowest BCUT2D eigenvalue weighted by atomic mass is 10.5. The molecule has 5 nitrogen and oxygen atoms in total. The van der Waals surface area contributed by atoms with Crippen LogP contribution in [0, 0.1) is 0 Å². The highest BCUT2D eigenvalue weighted by Crippen LogP contribution is 2.23. The zero-order chi connectivity index (χ0) is 8.43. The fraction of sp³-hybridized carbons (Fsp3) is 0.600. The quantitative estimate of drug-likeness (QED) is 0.595. The number of amides is 1. The number of rotatable bonds is 1. The molecule has 1 aliphatic heterocycles. The lowest BCUT2D eigenvalue weighted by Gasteiger charge is -2.15. The molecular formula is C5H7NO4S. The highest BCUT2D eigenvalue weighted by Gasteiger charge is 2.34. The van der Waals surface area contributed by atoms with Crippen LogP contribution in [0.1, 0.15) is 0 Å². The maximum absolute atomic E-state index is 10.4. The van der Waals surface area contributed by atoms with Gasteiger partial charge in [0, 0.05) is 12.3 Å². The van der Waals surface area contributed by atoms with E-state index in [0.717, 1.165) is 16.7 Å². The molecule has 1 aliphatic rings. The van der Waals surface area contributed by atoms with Crippen LogP contribution in [0.2, 0.25) is 0 Å². The number of aliphatic carboxylic acids is 1. The van der Waals surface area contributed by atoms with E-state index >= 15 is 0 Å². The summed E-state index contributed by atoms with van der Waals surface area (Å²) in [5.74, 6) is -0.529. The lowest BCUT2D eigenvalue weighted by Crippen LogP contribution is -2.38. The molecule has 1 rings (SSSR count). The summed E-state index contributed by atoms with van der Waals surface area (Å²) in [7, 11) is 0. The van der Waals surface area contributed by atoms with E-state index in [1.54, 1.807) is 0 Å². The van der Waals surface area contributed by atoms with Crippen molar-refractivity contribution in [3.63, 3.8) is 0 Å². The van der Waals surface area contributed by atoms with Gasteiger partial charge in [-0.05, 0) is 0 Å². The van der Waals surface area contributed by atoms with E-state index in [-0.39, 0.29) is 0 Å². The van der Waals surface area contributed by atoms with E-state index in [1.165, 1.54) is 0 Å². The average molecular weight is 177 g/mol. The monoisotopic (exact) mass is 177 g/mol. The van der Waals surface area contributed by atoms with Crippen LogP contribution in [0.5, 0.6) is 0 Å². The Morgan fingerprint density at radius 3 is 2.45 bits per heavy atom. The van der Waals surface area contributed by atoms with E-state index in [4.69, 9.17) is 10.2 Å². The summed E-state index contributed by atoms with van der Waals surface area (Å²) in [5, 5.41) is 16.1. The lowest BCUT2D eigenvalue weighted by molar-refractivity contribution is -0.138. The van der Waals surface area contributed by atoms with Crippen LogP contribution in [-0.4, -0.2) is 44.8 Å². The van der Waals surface area contributed by atoms with Crippen LogP contribution >= 0.6 is 11.8 Å². The highest BCUT2D eigenvalue weighted by atomic mass is 32.2. The predicted molar refractivity (Wildman–Crippen MR) is 38.6 cm³/mol. The number of hydrogen-bond acceptors (Lipinski definition) is 3. The number of carbonyl (C=O) groups is 2. The Balaban J connectivity index is 2.65. The number of nitrogens with zero attached hydrogens (tertiary/aromatic N) is 1. The molecular weight excluding hydrogens is 170 g/mol. The van der Waals surface area contributed by atoms with E-state index in [2.05, 4.69) is 0 Å². The molecule has 1 fully saturated rings. The second-order valence-corrected chi connectivity index (χ2v) is 3.23. The molecule has 11 heavy (non-hydrogen) atoms. The van der Waals surface area contributed by atoms with Crippen molar-refractivity contribution < 1.29 is 19.8 Å². The van der Waals surface area contributed by atoms with Crippen molar-refractivity contribution in [1.29, 1.82) is 0 Å². The number of hydrogen-bond donors (Lipinski definition) is 2. The van der Waals surface area contributed by atoms with Gasteiger partial charge >= 0.3 is 12.1 Å². The van der Waals surface area contributed by atoms with E-state index in [1.807, 2.05) is 0 Å². The SMILES string of the molecule is O=C(O)[C@@H]1SCCN1C(=O)O. The van der Waals surface area contributed by atoms with Crippen molar-refractivity contribution in [3.05, 3.63) is 0 Å². The second-order valence-electron chi connectivity index (χ2n) is 2.04. The Morgan fingerprint density at radius 1 is 1.45 bits per heavy atom. The molecule has 0 aromatic carbocycles. The van der Waals surface area contributed by atoms with Gasteiger partial charge < -0.3 is 10.2 Å². The summed E-state index contributed by atoms with van der Waals surface area (Å²) in [5.41, 5.74) is 0. The van der Waals surface area contributed by atoms with Gasteiger partial charge in [0.2, 0.25) is 0 Å². The van der Waals surface area contributed by atoms with Gasteiger partial charge in [0.05, 0.1) is 0 Å². The topological polar surface area (TPSA) is 77.8 Å². The molecule has 0 aromatic rings. The largest absolute Gasteiger partial charge is 0.479 e. The molecule has 0 aromatic heterocycles. The van der Waals surface area contributed by atoms with Gasteiger partial charge in [-0.15, -0.1) is 11.8 Å². The molecule has 1 saturated heterocycles. The van der Waals surface area contributed by atoms with Gasteiger partial charge in [-0.2, -0.15) is 0 Å². The summed E-state index contributed by atoms with van der Waals surface area (Å²) < 4.78 is 0. The molecule has 0 radical (unpaired) electrons. The first-order chi connectivity index (χ1) is 5.13. The summed E-state index contributed by atoms with van der Waals surface area (Å²) >= 11 is 1.13. The zero-order valence-corrected chi connectivity index (χ0v) is 6.37. The summed E-state index contributed by atoms with van der Waals surface area (Å²) in [4.78, 5) is 21.7. The molecule has 2 N–H and O–H groups in total. The molecule has 0 aliphatic carbocycles. The van der Waals surface area contributed by atoms with Crippen LogP contribution in [0.4, 0.5) is 4.79 Å². The standard InChI is InChI=1S/C5H7NO4S/c7-4(8)3-6(5(9)10)1-2-11-3/h3H,1-2H2,(H,7,8)(H,9,10)/t3-/m0/s1. The highest BCUT2D eigenvalue weighted by molar-refractivity contribution is 8.00. The molecule has 1 heterocycles. The van der Waals surface area contributed by atoms with Gasteiger partial charge in [-0.3, -0.25) is 4.90 Å². The van der Waals surface area contributed by atoms with Crippen LogP contribution in [0.25, 0.3) is 0 Å². The van der Waals surface area contributed by atoms with Crippen molar-refractivity contribution >= 4 is 23.8 Å². The molecule has 6 heteroatoms. The fourth-order valence-electron chi connectivity index (χ4n) is 0.870. The minimum atomic E-state index is -1.16. The Hall–Kier alpha value is -0.910. The molecule has 1 amide bonds. The molecule has 0 saturated carbocycles. The van der Waals surface area contributed by atoms with Gasteiger partial charge in [0.1, 0.15) is 0 Å². The van der Waals surface area contributed by atoms with Crippen LogP contribution < -0.4 is 0 Å². The second kappa shape index (κ2) is 3.00. The molecule has 1 atom stereocenters. The third-order valence-electron chi connectivity index (χ3n) is 1.35. The summed E-state index contributed by atoms with van der Waals surface area (Å²) in [6, 6.07) is 0. The Bertz CT molecular complexity index is 175. The van der Waals surface area contributed by atoms with E-state index in [0.29, 0.717) is 12.3 Å². The maximum atomic E-state index is 10.4. The van der Waals surface area contributed by atoms with Crippen LogP contribution in [0.3, 0.4) is 0 Å². The van der Waals surface area contributed by atoms with E-state index in [9.17, 15) is 9.59 Å². The van der Waals surface area contributed by atoms with Gasteiger partial charge in [0.15, 0.2) is 5.37 Å². The fourth-order valence-corrected chi connectivity index (χ4v) is 1.91. The smallest absolute Gasteiger partial charge is 0.408 e. The summed E-state index contributed by atoms with van der Waals surface area (Å²) in [6.45, 7) is 0.303. The third-order valence-corrected chi connectivity index (χ3v) is 2.54. The Kier molecular flexibility index (Phi) is 2.23. The first-order valence-electron chi connectivity index (χ1n) is 2.97. The van der Waals surface area contributed by atoms with Crippen LogP contribution in [0.15, 0.2) is 0 Å². The molecule has 0 bridgehead atoms. The minimum Gasteiger partial charge on any atom is -0.479 e. The number of carboxylic acid groups (broad SMARTS) is 2. The first kappa shape index (κ1) is 8.19. The van der Waals surface area contributed by atoms with Crippen molar-refractivity contribution in [2.24, 2.45) is 0 Å². The molecule has 62 valence electrons. The maximum Gasteiger partial charge on any atom is 0.408 e. The van der Waals surface area contributed by atoms with Gasteiger partial charge in [-0.25, -0.2) is 9.59 Å². The van der Waals surface area contributed by atoms with Gasteiger partial charge in [0.25, 0.3) is 0 Å². The van der Waals surface area contributed by atoms with Crippen molar-refractivity contribution in [3.8, 4) is 0 Å². The zero-order valence-electron chi connectivity index (χ0n) is 5.56. The van der Waals surface area contributed by atoms with E-state index < -0.39 is 17.4 Å².